The van der Waals surface area contributed by atoms with E-state index in [-0.39, 0.29) is 0 Å². The summed E-state index contributed by atoms with van der Waals surface area (Å²) in [6.45, 7) is 7.92. The van der Waals surface area contributed by atoms with Crippen LogP contribution in [0.1, 0.15) is 13.8 Å². The minimum absolute atomic E-state index is 0.619. The lowest BCUT2D eigenvalue weighted by Gasteiger charge is -2.17. The molecule has 0 radical (unpaired) electrons. The molecule has 0 unspecified atom stereocenters. The van der Waals surface area contributed by atoms with Crippen LogP contribution in [-0.2, 0) is 0 Å². The fraction of sp³-hybridized carbons (Fsp3) is 0.500. The summed E-state index contributed by atoms with van der Waals surface area (Å²) in [6.07, 6.45) is 2.88. The largest absolute Gasteiger partial charge is 0.476 e. The average Bonchev–Trinajstić information content (AvgIpc) is 2.37. The number of nitrogens with two attached hydrogens (primary N) is 1. The molecule has 0 aliphatic heterocycles. The molecule has 0 saturated heterocycles. The molecule has 1 aromatic rings. The van der Waals surface area contributed by atoms with Crippen LogP contribution in [0.5, 0.6) is 5.88 Å². The lowest BCUT2D eigenvalue weighted by molar-refractivity contribution is 0.218. The first-order valence-corrected chi connectivity index (χ1v) is 5.85. The lowest BCUT2D eigenvalue weighted by atomic mass is 10.4. The number of ether oxygens (including phenoxy) is 1. The highest BCUT2D eigenvalue weighted by molar-refractivity contribution is 5.58. The van der Waals surface area contributed by atoms with E-state index in [4.69, 9.17) is 10.5 Å². The molecule has 0 aliphatic carbocycles. The van der Waals surface area contributed by atoms with E-state index < -0.39 is 0 Å². The van der Waals surface area contributed by atoms with Crippen molar-refractivity contribution in [3.8, 4) is 5.88 Å². The first-order valence-electron chi connectivity index (χ1n) is 5.85. The van der Waals surface area contributed by atoms with Gasteiger partial charge in [0.25, 0.3) is 0 Å². The second-order valence-corrected chi connectivity index (χ2v) is 3.51. The van der Waals surface area contributed by atoms with Crippen molar-refractivity contribution < 1.29 is 4.74 Å². The Hall–Kier alpha value is -1.62. The maximum absolute atomic E-state index is 5.54. The van der Waals surface area contributed by atoms with Gasteiger partial charge in [-0.15, -0.1) is 0 Å². The van der Waals surface area contributed by atoms with E-state index >= 15 is 0 Å². The molecule has 0 atom stereocenters. The van der Waals surface area contributed by atoms with Gasteiger partial charge in [0.1, 0.15) is 6.61 Å². The van der Waals surface area contributed by atoms with Crippen molar-refractivity contribution in [3.05, 3.63) is 18.3 Å². The topological polar surface area (TPSA) is 63.7 Å². The zero-order valence-electron chi connectivity index (χ0n) is 10.5. The lowest BCUT2D eigenvalue weighted by Crippen LogP contribution is -2.28. The molecule has 17 heavy (non-hydrogen) atoms. The number of hydrogen-bond acceptors (Lipinski definition) is 4. The molecule has 5 heteroatoms. The van der Waals surface area contributed by atoms with E-state index in [1.165, 1.54) is 6.34 Å². The molecule has 0 fully saturated rings. The standard InChI is InChI=1S/C12H20N4O/c1-3-16(4-2)7-8-17-12-6-5-11(9-14-12)15-10-13/h5-6,9-10H,3-4,7-8H2,1-2H3,(H2,13,15). The first-order chi connectivity index (χ1) is 8.30. The molecule has 1 rings (SSSR count). The Balaban J connectivity index is 2.36. The van der Waals surface area contributed by atoms with Crippen LogP contribution >= 0.6 is 0 Å². The van der Waals surface area contributed by atoms with Gasteiger partial charge >= 0.3 is 0 Å². The number of rotatable bonds is 7. The fourth-order valence-corrected chi connectivity index (χ4v) is 1.44. The molecule has 0 aromatic carbocycles. The summed E-state index contributed by atoms with van der Waals surface area (Å²) in [4.78, 5) is 10.3. The van der Waals surface area contributed by atoms with Gasteiger partial charge in [-0.05, 0) is 19.2 Å². The second kappa shape index (κ2) is 7.62. The van der Waals surface area contributed by atoms with Gasteiger partial charge in [0, 0.05) is 12.6 Å². The van der Waals surface area contributed by atoms with Crippen molar-refractivity contribution in [3.63, 3.8) is 0 Å². The summed E-state index contributed by atoms with van der Waals surface area (Å²) < 4.78 is 5.54. The first kappa shape index (κ1) is 13.4. The highest BCUT2D eigenvalue weighted by Gasteiger charge is 2.00. The predicted octanol–water partition coefficient (Wildman–Crippen LogP) is 1.42. The van der Waals surface area contributed by atoms with Crippen LogP contribution in [0.3, 0.4) is 0 Å². The van der Waals surface area contributed by atoms with Crippen molar-refractivity contribution in [1.82, 2.24) is 9.88 Å². The number of likely N-dealkylation sites (N-methyl/N-ethyl adjacent to an activating group) is 1. The molecular formula is C12H20N4O. The maximum atomic E-state index is 5.54. The summed E-state index contributed by atoms with van der Waals surface area (Å²) in [5.41, 5.74) is 5.91. The molecule has 0 aliphatic rings. The van der Waals surface area contributed by atoms with Gasteiger partial charge in [0.2, 0.25) is 5.88 Å². The number of aliphatic imine (C=N–C) groups is 1. The third-order valence-electron chi connectivity index (χ3n) is 2.50. The van der Waals surface area contributed by atoms with Crippen LogP contribution < -0.4 is 10.5 Å². The molecule has 1 heterocycles. The Bertz CT molecular complexity index is 333. The summed E-state index contributed by atoms with van der Waals surface area (Å²) in [5, 5.41) is 0. The molecule has 0 saturated carbocycles. The number of nitrogens with zero attached hydrogens (tertiary/aromatic N) is 3. The van der Waals surface area contributed by atoms with Gasteiger partial charge in [-0.3, -0.25) is 0 Å². The van der Waals surface area contributed by atoms with Gasteiger partial charge < -0.3 is 15.4 Å². The van der Waals surface area contributed by atoms with Crippen LogP contribution in [0.4, 0.5) is 5.69 Å². The van der Waals surface area contributed by atoms with Crippen molar-refractivity contribution in [2.24, 2.45) is 10.7 Å². The monoisotopic (exact) mass is 236 g/mol. The van der Waals surface area contributed by atoms with Crippen molar-refractivity contribution in [1.29, 1.82) is 0 Å². The van der Waals surface area contributed by atoms with Crippen molar-refractivity contribution in [2.45, 2.75) is 13.8 Å². The predicted molar refractivity (Wildman–Crippen MR) is 69.9 cm³/mol. The van der Waals surface area contributed by atoms with Crippen LogP contribution in [-0.4, -0.2) is 42.5 Å². The molecule has 0 amide bonds. The van der Waals surface area contributed by atoms with Gasteiger partial charge in [-0.25, -0.2) is 9.98 Å². The van der Waals surface area contributed by atoms with E-state index in [9.17, 15) is 0 Å². The number of aromatic nitrogens is 1. The van der Waals surface area contributed by atoms with Crippen LogP contribution in [0.2, 0.25) is 0 Å². The summed E-state index contributed by atoms with van der Waals surface area (Å²) in [5.74, 6) is 0.619. The third-order valence-corrected chi connectivity index (χ3v) is 2.50. The minimum Gasteiger partial charge on any atom is -0.476 e. The normalized spacial score (nSPS) is 11.2. The summed E-state index contributed by atoms with van der Waals surface area (Å²) in [6, 6.07) is 3.62. The molecule has 5 nitrogen and oxygen atoms in total. The Morgan fingerprint density at radius 1 is 1.41 bits per heavy atom. The zero-order chi connectivity index (χ0) is 12.5. The van der Waals surface area contributed by atoms with Gasteiger partial charge in [0.05, 0.1) is 18.2 Å². The quantitative estimate of drug-likeness (QED) is 0.574. The molecule has 0 spiro atoms. The highest BCUT2D eigenvalue weighted by atomic mass is 16.5. The van der Waals surface area contributed by atoms with E-state index in [0.717, 1.165) is 25.3 Å². The number of pyridine rings is 1. The SMILES string of the molecule is CCN(CC)CCOc1ccc(N=CN)cn1. The van der Waals surface area contributed by atoms with Crippen molar-refractivity contribution in [2.75, 3.05) is 26.2 Å². The Kier molecular flexibility index (Phi) is 6.03. The smallest absolute Gasteiger partial charge is 0.213 e. The summed E-state index contributed by atoms with van der Waals surface area (Å²) in [7, 11) is 0. The zero-order valence-corrected chi connectivity index (χ0v) is 10.5. The van der Waals surface area contributed by atoms with Crippen LogP contribution in [0.25, 0.3) is 0 Å². The maximum Gasteiger partial charge on any atom is 0.213 e. The Labute approximate surface area is 102 Å². The van der Waals surface area contributed by atoms with E-state index in [2.05, 4.69) is 28.7 Å². The van der Waals surface area contributed by atoms with E-state index in [1.54, 1.807) is 12.3 Å². The van der Waals surface area contributed by atoms with Crippen LogP contribution in [0, 0.1) is 0 Å². The van der Waals surface area contributed by atoms with E-state index in [1.807, 2.05) is 6.07 Å². The highest BCUT2D eigenvalue weighted by Crippen LogP contribution is 2.13. The third kappa shape index (κ3) is 4.82. The molecule has 2 N–H and O–H groups in total. The van der Waals surface area contributed by atoms with E-state index in [0.29, 0.717) is 12.5 Å². The van der Waals surface area contributed by atoms with Gasteiger partial charge in [0.15, 0.2) is 0 Å². The Morgan fingerprint density at radius 3 is 2.71 bits per heavy atom. The number of hydrogen-bond donors (Lipinski definition) is 1. The van der Waals surface area contributed by atoms with Gasteiger partial charge in [-0.1, -0.05) is 13.8 Å². The Morgan fingerprint density at radius 2 is 2.18 bits per heavy atom. The second-order valence-electron chi connectivity index (χ2n) is 3.51. The summed E-state index contributed by atoms with van der Waals surface area (Å²) >= 11 is 0. The molecular weight excluding hydrogens is 216 g/mol. The molecule has 1 aromatic heterocycles. The fourth-order valence-electron chi connectivity index (χ4n) is 1.44. The molecule has 94 valence electrons. The van der Waals surface area contributed by atoms with Crippen LogP contribution in [0.15, 0.2) is 23.3 Å². The average molecular weight is 236 g/mol. The van der Waals surface area contributed by atoms with Crippen molar-refractivity contribution >= 4 is 12.0 Å². The van der Waals surface area contributed by atoms with Gasteiger partial charge in [-0.2, -0.15) is 0 Å². The minimum atomic E-state index is 0.619. The molecule has 0 bridgehead atoms.